The highest BCUT2D eigenvalue weighted by Gasteiger charge is 2.26. The fraction of sp³-hybridized carbons (Fsp3) is 0.278. The van der Waals surface area contributed by atoms with Crippen molar-refractivity contribution < 1.29 is 15.0 Å². The molecule has 2 unspecified atom stereocenters. The molecule has 4 nitrogen and oxygen atoms in total. The summed E-state index contributed by atoms with van der Waals surface area (Å²) in [6.45, 7) is 1.62. The van der Waals surface area contributed by atoms with Gasteiger partial charge in [0.05, 0.1) is 18.1 Å². The summed E-state index contributed by atoms with van der Waals surface area (Å²) in [5.41, 5.74) is -0.0353. The topological polar surface area (TPSA) is 69.6 Å². The van der Waals surface area contributed by atoms with Gasteiger partial charge in [-0.1, -0.05) is 60.1 Å². The lowest BCUT2D eigenvalue weighted by molar-refractivity contribution is -0.126. The van der Waals surface area contributed by atoms with Crippen molar-refractivity contribution in [3.05, 3.63) is 70.7 Å². The van der Waals surface area contributed by atoms with E-state index in [0.29, 0.717) is 16.1 Å². The molecule has 5 heteroatoms. The molecule has 3 N–H and O–H groups in total. The van der Waals surface area contributed by atoms with E-state index in [1.54, 1.807) is 43.3 Å². The first-order chi connectivity index (χ1) is 10.9. The Kier molecular flexibility index (Phi) is 5.77. The van der Waals surface area contributed by atoms with Gasteiger partial charge in [0.1, 0.15) is 0 Å². The quantitative estimate of drug-likeness (QED) is 0.761. The molecule has 2 aromatic rings. The van der Waals surface area contributed by atoms with Crippen LogP contribution in [0, 0.1) is 0 Å². The smallest absolute Gasteiger partial charge is 0.223 e. The van der Waals surface area contributed by atoms with Gasteiger partial charge in [-0.05, 0) is 18.6 Å². The van der Waals surface area contributed by atoms with Crippen molar-refractivity contribution in [1.82, 2.24) is 5.32 Å². The molecule has 0 heterocycles. The highest BCUT2D eigenvalue weighted by molar-refractivity contribution is 6.31. The molecule has 2 atom stereocenters. The fourth-order valence-corrected chi connectivity index (χ4v) is 2.60. The van der Waals surface area contributed by atoms with Crippen LogP contribution in [-0.2, 0) is 10.4 Å². The van der Waals surface area contributed by atoms with Gasteiger partial charge >= 0.3 is 0 Å². The van der Waals surface area contributed by atoms with Gasteiger partial charge in [0, 0.05) is 17.1 Å². The zero-order valence-corrected chi connectivity index (χ0v) is 13.6. The minimum atomic E-state index is -1.26. The molecule has 1 amide bonds. The molecule has 2 rings (SSSR count). The van der Waals surface area contributed by atoms with E-state index in [2.05, 4.69) is 5.32 Å². The first-order valence-corrected chi connectivity index (χ1v) is 7.75. The maximum Gasteiger partial charge on any atom is 0.223 e. The summed E-state index contributed by atoms with van der Waals surface area (Å²) in [5, 5.41) is 23.6. The van der Waals surface area contributed by atoms with Crippen molar-refractivity contribution in [3.8, 4) is 0 Å². The summed E-state index contributed by atoms with van der Waals surface area (Å²) in [6.07, 6.45) is -0.985. The number of aliphatic hydroxyl groups is 2. The number of hydrogen-bond donors (Lipinski definition) is 3. The summed E-state index contributed by atoms with van der Waals surface area (Å²) in [6, 6.07) is 15.9. The third-order valence-corrected chi connectivity index (χ3v) is 4.00. The van der Waals surface area contributed by atoms with E-state index in [1.165, 1.54) is 0 Å². The van der Waals surface area contributed by atoms with Crippen LogP contribution in [0.3, 0.4) is 0 Å². The predicted molar refractivity (Wildman–Crippen MR) is 90.1 cm³/mol. The van der Waals surface area contributed by atoms with Gasteiger partial charge in [-0.15, -0.1) is 0 Å². The number of nitrogens with one attached hydrogen (secondary N) is 1. The van der Waals surface area contributed by atoms with E-state index in [4.69, 9.17) is 11.6 Å². The number of benzene rings is 2. The van der Waals surface area contributed by atoms with Gasteiger partial charge in [0.2, 0.25) is 5.91 Å². The third-order valence-electron chi connectivity index (χ3n) is 3.66. The van der Waals surface area contributed by atoms with E-state index in [0.717, 1.165) is 0 Å². The normalized spacial score (nSPS) is 14.8. The first-order valence-electron chi connectivity index (χ1n) is 7.37. The molecule has 0 aliphatic heterocycles. The van der Waals surface area contributed by atoms with Gasteiger partial charge < -0.3 is 15.5 Å². The molecule has 0 saturated carbocycles. The van der Waals surface area contributed by atoms with Gasteiger partial charge in [-0.25, -0.2) is 0 Å². The summed E-state index contributed by atoms with van der Waals surface area (Å²) >= 11 is 6.01. The second kappa shape index (κ2) is 7.59. The van der Waals surface area contributed by atoms with Crippen molar-refractivity contribution in [1.29, 1.82) is 0 Å². The van der Waals surface area contributed by atoms with E-state index >= 15 is 0 Å². The second-order valence-electron chi connectivity index (χ2n) is 5.66. The van der Waals surface area contributed by atoms with Crippen molar-refractivity contribution in [2.75, 3.05) is 6.54 Å². The van der Waals surface area contributed by atoms with E-state index < -0.39 is 11.7 Å². The fourth-order valence-electron chi connectivity index (χ4n) is 2.34. The van der Waals surface area contributed by atoms with Crippen molar-refractivity contribution in [2.24, 2.45) is 0 Å². The zero-order chi connectivity index (χ0) is 16.9. The summed E-state index contributed by atoms with van der Waals surface area (Å²) in [5.74, 6) is -0.343. The van der Waals surface area contributed by atoms with Gasteiger partial charge in [0.25, 0.3) is 0 Å². The van der Waals surface area contributed by atoms with Crippen LogP contribution in [0.15, 0.2) is 54.6 Å². The van der Waals surface area contributed by atoms with Gasteiger partial charge in [-0.2, -0.15) is 0 Å². The molecule has 0 aliphatic carbocycles. The number of amides is 1. The molecular weight excluding hydrogens is 314 g/mol. The molecule has 23 heavy (non-hydrogen) atoms. The Balaban J connectivity index is 1.91. The third kappa shape index (κ3) is 4.79. The molecule has 0 radical (unpaired) electrons. The molecule has 0 aromatic heterocycles. The van der Waals surface area contributed by atoms with Crippen LogP contribution in [0.5, 0.6) is 0 Å². The lowest BCUT2D eigenvalue weighted by atomic mass is 9.92. The Hall–Kier alpha value is -1.88. The van der Waals surface area contributed by atoms with Gasteiger partial charge in [-0.3, -0.25) is 4.79 Å². The Morgan fingerprint density at radius 1 is 1.17 bits per heavy atom. The van der Waals surface area contributed by atoms with Crippen LogP contribution in [0.25, 0.3) is 0 Å². The predicted octanol–water partition coefficient (Wildman–Crippen LogP) is 2.79. The maximum absolute atomic E-state index is 12.0. The first kappa shape index (κ1) is 17.5. The second-order valence-corrected chi connectivity index (χ2v) is 6.07. The Bertz CT molecular complexity index is 658. The standard InChI is InChI=1S/C18H20ClNO3/c1-18(23,13-7-3-2-4-8-13)11-17(22)20-12-16(21)14-9-5-6-10-15(14)19/h2-10,16,21,23H,11-12H2,1H3,(H,20,22). The average Bonchev–Trinajstić information content (AvgIpc) is 2.53. The lowest BCUT2D eigenvalue weighted by Crippen LogP contribution is -2.35. The molecule has 0 bridgehead atoms. The molecule has 2 aromatic carbocycles. The lowest BCUT2D eigenvalue weighted by Gasteiger charge is -2.23. The number of carbonyl (C=O) groups is 1. The van der Waals surface area contributed by atoms with Crippen LogP contribution in [0.1, 0.15) is 30.6 Å². The molecule has 122 valence electrons. The maximum atomic E-state index is 12.0. The number of halogens is 1. The van der Waals surface area contributed by atoms with E-state index in [9.17, 15) is 15.0 Å². The molecule has 0 saturated heterocycles. The number of aliphatic hydroxyl groups excluding tert-OH is 1. The van der Waals surface area contributed by atoms with Crippen molar-refractivity contribution in [3.63, 3.8) is 0 Å². The monoisotopic (exact) mass is 333 g/mol. The average molecular weight is 334 g/mol. The molecule has 0 aliphatic rings. The van der Waals surface area contributed by atoms with Crippen LogP contribution >= 0.6 is 11.6 Å². The molecule has 0 spiro atoms. The Morgan fingerprint density at radius 2 is 1.78 bits per heavy atom. The molecule has 0 fully saturated rings. The van der Waals surface area contributed by atoms with Crippen LogP contribution in [0.4, 0.5) is 0 Å². The number of carbonyl (C=O) groups excluding carboxylic acids is 1. The van der Waals surface area contributed by atoms with Crippen LogP contribution < -0.4 is 5.32 Å². The van der Waals surface area contributed by atoms with Crippen molar-refractivity contribution in [2.45, 2.75) is 25.0 Å². The minimum Gasteiger partial charge on any atom is -0.387 e. The highest BCUT2D eigenvalue weighted by atomic mass is 35.5. The highest BCUT2D eigenvalue weighted by Crippen LogP contribution is 2.25. The van der Waals surface area contributed by atoms with E-state index in [1.807, 2.05) is 18.2 Å². The number of hydrogen-bond acceptors (Lipinski definition) is 3. The Labute approximate surface area is 140 Å². The number of rotatable bonds is 6. The SMILES string of the molecule is CC(O)(CC(=O)NCC(O)c1ccccc1Cl)c1ccccc1. The van der Waals surface area contributed by atoms with E-state index in [-0.39, 0.29) is 18.9 Å². The van der Waals surface area contributed by atoms with Crippen molar-refractivity contribution >= 4 is 17.5 Å². The minimum absolute atomic E-state index is 0.0352. The zero-order valence-electron chi connectivity index (χ0n) is 12.9. The largest absolute Gasteiger partial charge is 0.387 e. The van der Waals surface area contributed by atoms with Crippen LogP contribution in [0.2, 0.25) is 5.02 Å². The summed E-state index contributed by atoms with van der Waals surface area (Å²) in [7, 11) is 0. The summed E-state index contributed by atoms with van der Waals surface area (Å²) < 4.78 is 0. The van der Waals surface area contributed by atoms with Crippen LogP contribution in [-0.4, -0.2) is 22.7 Å². The van der Waals surface area contributed by atoms with Gasteiger partial charge in [0.15, 0.2) is 0 Å². The molecular formula is C18H20ClNO3. The summed E-state index contributed by atoms with van der Waals surface area (Å²) in [4.78, 5) is 12.0. The Morgan fingerprint density at radius 3 is 2.43 bits per heavy atom.